The fourth-order valence-electron chi connectivity index (χ4n) is 2.38. The molecule has 1 aromatic carbocycles. The first-order valence-corrected chi connectivity index (χ1v) is 7.12. The van der Waals surface area contributed by atoms with Crippen LogP contribution in [0.15, 0.2) is 36.9 Å². The molecule has 120 valence electrons. The molecule has 1 aliphatic rings. The van der Waals surface area contributed by atoms with Gasteiger partial charge in [0.05, 0.1) is 20.3 Å². The van der Waals surface area contributed by atoms with E-state index in [9.17, 15) is 4.79 Å². The van der Waals surface area contributed by atoms with E-state index in [0.29, 0.717) is 6.61 Å². The summed E-state index contributed by atoms with van der Waals surface area (Å²) in [6.45, 7) is 7.75. The zero-order valence-corrected chi connectivity index (χ0v) is 13.2. The maximum absolute atomic E-state index is 11.6. The number of carbonyl (C=O) groups is 1. The Kier molecular flexibility index (Phi) is 5.01. The van der Waals surface area contributed by atoms with Gasteiger partial charge in [0, 0.05) is 0 Å². The molecule has 1 aromatic rings. The predicted octanol–water partition coefficient (Wildman–Crippen LogP) is 2.49. The van der Waals surface area contributed by atoms with Crippen molar-refractivity contribution in [2.45, 2.75) is 37.9 Å². The lowest BCUT2D eigenvalue weighted by molar-refractivity contribution is -0.184. The van der Waals surface area contributed by atoms with Crippen LogP contribution in [-0.4, -0.2) is 37.5 Å². The third-order valence-electron chi connectivity index (χ3n) is 3.56. The van der Waals surface area contributed by atoms with Crippen molar-refractivity contribution in [3.63, 3.8) is 0 Å². The van der Waals surface area contributed by atoms with Gasteiger partial charge >= 0.3 is 0 Å². The zero-order valence-electron chi connectivity index (χ0n) is 13.2. The van der Waals surface area contributed by atoms with E-state index in [0.717, 1.165) is 17.6 Å². The van der Waals surface area contributed by atoms with Crippen LogP contribution in [0.5, 0.6) is 5.75 Å². The van der Waals surface area contributed by atoms with Gasteiger partial charge in [0.15, 0.2) is 17.7 Å². The molecule has 5 heteroatoms. The third-order valence-corrected chi connectivity index (χ3v) is 3.56. The first-order valence-electron chi connectivity index (χ1n) is 7.12. The first kappa shape index (κ1) is 16.7. The molecule has 0 aliphatic carbocycles. The summed E-state index contributed by atoms with van der Waals surface area (Å²) in [5, 5.41) is 0. The highest BCUT2D eigenvalue weighted by atomic mass is 16.8. The Balaban J connectivity index is 2.05. The Morgan fingerprint density at radius 3 is 2.50 bits per heavy atom. The van der Waals surface area contributed by atoms with Gasteiger partial charge in [-0.25, -0.2) is 0 Å². The van der Waals surface area contributed by atoms with Gasteiger partial charge in [0.25, 0.3) is 0 Å². The van der Waals surface area contributed by atoms with Gasteiger partial charge in [0.2, 0.25) is 0 Å². The van der Waals surface area contributed by atoms with Crippen molar-refractivity contribution in [3.8, 4) is 5.75 Å². The molecule has 0 unspecified atom stereocenters. The monoisotopic (exact) mass is 306 g/mol. The Bertz CT molecular complexity index is 522. The highest BCUT2D eigenvalue weighted by Gasteiger charge is 2.50. The molecule has 1 aliphatic heterocycles. The fourth-order valence-corrected chi connectivity index (χ4v) is 2.38. The van der Waals surface area contributed by atoms with Crippen molar-refractivity contribution >= 4 is 6.29 Å². The van der Waals surface area contributed by atoms with Crippen LogP contribution in [0.25, 0.3) is 0 Å². The summed E-state index contributed by atoms with van der Waals surface area (Å²) in [5.74, 6) is -0.0336. The maximum atomic E-state index is 11.6. The standard InChI is InChI=1S/C17H22O5/c1-5-15(17(11-18)12-21-16(2,3)22-17)20-10-13-6-8-14(19-4)9-7-13/h5-9,11,15H,1,10,12H2,2-4H3/t15-,17+/m1/s1. The lowest BCUT2D eigenvalue weighted by Gasteiger charge is -2.30. The van der Waals surface area contributed by atoms with Crippen molar-refractivity contribution in [1.82, 2.24) is 0 Å². The van der Waals surface area contributed by atoms with Crippen LogP contribution in [0.2, 0.25) is 0 Å². The number of aldehydes is 1. The number of methoxy groups -OCH3 is 1. The highest BCUT2D eigenvalue weighted by molar-refractivity contribution is 5.65. The summed E-state index contributed by atoms with van der Waals surface area (Å²) in [6, 6.07) is 7.52. The van der Waals surface area contributed by atoms with E-state index < -0.39 is 17.5 Å². The number of ether oxygens (including phenoxy) is 4. The van der Waals surface area contributed by atoms with E-state index in [1.54, 1.807) is 27.0 Å². The summed E-state index contributed by atoms with van der Waals surface area (Å²) in [7, 11) is 1.62. The summed E-state index contributed by atoms with van der Waals surface area (Å²) in [4.78, 5) is 11.6. The largest absolute Gasteiger partial charge is 0.497 e. The molecule has 2 atom stereocenters. The van der Waals surface area contributed by atoms with Crippen molar-refractivity contribution in [3.05, 3.63) is 42.5 Å². The first-order chi connectivity index (χ1) is 10.4. The number of benzene rings is 1. The van der Waals surface area contributed by atoms with Crippen molar-refractivity contribution in [2.24, 2.45) is 0 Å². The zero-order chi connectivity index (χ0) is 16.2. The van der Waals surface area contributed by atoms with E-state index in [4.69, 9.17) is 18.9 Å². The molecule has 0 spiro atoms. The Morgan fingerprint density at radius 2 is 2.05 bits per heavy atom. The van der Waals surface area contributed by atoms with Crippen LogP contribution < -0.4 is 4.74 Å². The minimum Gasteiger partial charge on any atom is -0.497 e. The minimum absolute atomic E-state index is 0.142. The lowest BCUT2D eigenvalue weighted by Crippen LogP contribution is -2.47. The summed E-state index contributed by atoms with van der Waals surface area (Å²) in [6.07, 6.45) is 1.72. The van der Waals surface area contributed by atoms with Gasteiger partial charge in [0.1, 0.15) is 11.9 Å². The Labute approximate surface area is 130 Å². The summed E-state index contributed by atoms with van der Waals surface area (Å²) < 4.78 is 22.2. The highest BCUT2D eigenvalue weighted by Crippen LogP contribution is 2.34. The van der Waals surface area contributed by atoms with Gasteiger partial charge in [-0.1, -0.05) is 18.2 Å². The lowest BCUT2D eigenvalue weighted by atomic mass is 9.99. The van der Waals surface area contributed by atoms with Gasteiger partial charge in [-0.05, 0) is 31.5 Å². The molecule has 0 radical (unpaired) electrons. The molecule has 0 aromatic heterocycles. The SMILES string of the molecule is C=C[C@@H](OCc1ccc(OC)cc1)[C@]1(C=O)COC(C)(C)O1. The molecule has 2 rings (SSSR count). The van der Waals surface area contributed by atoms with E-state index in [1.807, 2.05) is 24.3 Å². The molecular formula is C17H22O5. The molecule has 0 amide bonds. The number of hydrogen-bond acceptors (Lipinski definition) is 5. The van der Waals surface area contributed by atoms with Crippen molar-refractivity contribution in [1.29, 1.82) is 0 Å². The number of hydrogen-bond donors (Lipinski definition) is 0. The molecule has 22 heavy (non-hydrogen) atoms. The predicted molar refractivity (Wildman–Crippen MR) is 81.7 cm³/mol. The minimum atomic E-state index is -1.16. The summed E-state index contributed by atoms with van der Waals surface area (Å²) >= 11 is 0. The third kappa shape index (κ3) is 3.55. The van der Waals surface area contributed by atoms with E-state index in [2.05, 4.69) is 6.58 Å². The molecule has 1 fully saturated rings. The van der Waals surface area contributed by atoms with Gasteiger partial charge in [-0.15, -0.1) is 6.58 Å². The van der Waals surface area contributed by atoms with E-state index in [-0.39, 0.29) is 6.61 Å². The normalized spacial score (nSPS) is 24.7. The average Bonchev–Trinajstić information content (AvgIpc) is 2.85. The van der Waals surface area contributed by atoms with Gasteiger partial charge in [-0.3, -0.25) is 4.79 Å². The van der Waals surface area contributed by atoms with E-state index in [1.165, 1.54) is 0 Å². The molecule has 1 heterocycles. The van der Waals surface area contributed by atoms with Crippen molar-refractivity contribution < 1.29 is 23.7 Å². The van der Waals surface area contributed by atoms with Crippen LogP contribution >= 0.6 is 0 Å². The molecule has 0 saturated carbocycles. The average molecular weight is 306 g/mol. The maximum Gasteiger partial charge on any atom is 0.179 e. The number of carbonyl (C=O) groups excluding carboxylic acids is 1. The van der Waals surface area contributed by atoms with Crippen molar-refractivity contribution in [2.75, 3.05) is 13.7 Å². The quantitative estimate of drug-likeness (QED) is 0.572. The second kappa shape index (κ2) is 6.60. The van der Waals surface area contributed by atoms with Gasteiger partial charge < -0.3 is 18.9 Å². The molecular weight excluding hydrogens is 284 g/mol. The van der Waals surface area contributed by atoms with E-state index >= 15 is 0 Å². The second-order valence-corrected chi connectivity index (χ2v) is 5.68. The van der Waals surface area contributed by atoms with Crippen LogP contribution in [0.1, 0.15) is 19.4 Å². The molecule has 0 N–H and O–H groups in total. The Morgan fingerprint density at radius 1 is 1.36 bits per heavy atom. The summed E-state index contributed by atoms with van der Waals surface area (Å²) in [5.41, 5.74) is -0.190. The fraction of sp³-hybridized carbons (Fsp3) is 0.471. The molecule has 1 saturated heterocycles. The van der Waals surface area contributed by atoms with Crippen LogP contribution in [-0.2, 0) is 25.6 Å². The van der Waals surface area contributed by atoms with Gasteiger partial charge in [-0.2, -0.15) is 0 Å². The molecule has 5 nitrogen and oxygen atoms in total. The van der Waals surface area contributed by atoms with Crippen LogP contribution in [0.3, 0.4) is 0 Å². The second-order valence-electron chi connectivity index (χ2n) is 5.68. The molecule has 0 bridgehead atoms. The van der Waals surface area contributed by atoms with Crippen LogP contribution in [0, 0.1) is 0 Å². The Hall–Kier alpha value is -1.69. The van der Waals surface area contributed by atoms with Crippen LogP contribution in [0.4, 0.5) is 0 Å². The topological polar surface area (TPSA) is 54.0 Å². The smallest absolute Gasteiger partial charge is 0.179 e. The number of rotatable bonds is 7.